The molecule has 0 amide bonds. The van der Waals surface area contributed by atoms with Crippen molar-refractivity contribution >= 4 is 57.2 Å². The Hall–Kier alpha value is -0.870. The normalized spacial score (nSPS) is 10.9. The molecule has 0 unspecified atom stereocenters. The number of benzene rings is 1. The summed E-state index contributed by atoms with van der Waals surface area (Å²) in [7, 11) is 1.76. The first-order valence-corrected chi connectivity index (χ1v) is 8.95. The van der Waals surface area contributed by atoms with Gasteiger partial charge in [0.2, 0.25) is 0 Å². The topological polar surface area (TPSA) is 58.5 Å². The first-order chi connectivity index (χ1) is 11.1. The van der Waals surface area contributed by atoms with Crippen molar-refractivity contribution in [2.75, 3.05) is 20.2 Å². The van der Waals surface area contributed by atoms with Gasteiger partial charge in [0.25, 0.3) is 0 Å². The number of rotatable bonds is 6. The van der Waals surface area contributed by atoms with E-state index in [4.69, 9.17) is 4.74 Å². The van der Waals surface area contributed by atoms with Crippen LogP contribution in [0.3, 0.4) is 0 Å². The minimum absolute atomic E-state index is 0. The number of guanidine groups is 1. The number of hydrogen-bond acceptors (Lipinski definition) is 4. The molecule has 2 aromatic rings. The average Bonchev–Trinajstić information content (AvgIpc) is 2.84. The number of halogens is 2. The number of aryl methyl sites for hydroxylation is 2. The molecule has 0 aliphatic carbocycles. The molecule has 24 heavy (non-hydrogen) atoms. The summed E-state index contributed by atoms with van der Waals surface area (Å²) >= 11 is 5.14. The Morgan fingerprint density at radius 3 is 2.75 bits per heavy atom. The molecule has 0 saturated carbocycles. The van der Waals surface area contributed by atoms with Gasteiger partial charge in [0.1, 0.15) is 12.4 Å². The first-order valence-electron chi connectivity index (χ1n) is 7.34. The number of thiazole rings is 1. The Labute approximate surface area is 172 Å². The Morgan fingerprint density at radius 1 is 1.33 bits per heavy atom. The summed E-state index contributed by atoms with van der Waals surface area (Å²) < 4.78 is 6.69. The third kappa shape index (κ3) is 6.94. The molecule has 0 aliphatic heterocycles. The summed E-state index contributed by atoms with van der Waals surface area (Å²) in [5.74, 6) is 1.60. The minimum atomic E-state index is 0. The summed E-state index contributed by atoms with van der Waals surface area (Å²) in [6, 6.07) is 7.81. The monoisotopic (exact) mass is 524 g/mol. The maximum absolute atomic E-state index is 5.68. The van der Waals surface area contributed by atoms with Crippen LogP contribution in [0.4, 0.5) is 0 Å². The molecule has 5 nitrogen and oxygen atoms in total. The van der Waals surface area contributed by atoms with Crippen LogP contribution in [-0.4, -0.2) is 31.1 Å². The van der Waals surface area contributed by atoms with Crippen molar-refractivity contribution < 1.29 is 4.74 Å². The molecule has 0 radical (unpaired) electrons. The molecule has 0 atom stereocenters. The van der Waals surface area contributed by atoms with Gasteiger partial charge in [-0.25, -0.2) is 4.98 Å². The summed E-state index contributed by atoms with van der Waals surface area (Å²) in [6.45, 7) is 6.02. The quantitative estimate of drug-likeness (QED) is 0.260. The SMILES string of the molecule is CN=C(NCCOc1cccc(Br)c1)NCc1sc(C)nc1C.I. The lowest BCUT2D eigenvalue weighted by molar-refractivity contribution is 0.321. The van der Waals surface area contributed by atoms with Crippen LogP contribution in [0.1, 0.15) is 15.6 Å². The summed E-state index contributed by atoms with van der Waals surface area (Å²) in [4.78, 5) is 9.87. The number of aliphatic imine (C=N–C) groups is 1. The van der Waals surface area contributed by atoms with Gasteiger partial charge in [-0.1, -0.05) is 22.0 Å². The van der Waals surface area contributed by atoms with Gasteiger partial charge in [-0.05, 0) is 32.0 Å². The lowest BCUT2D eigenvalue weighted by Crippen LogP contribution is -2.38. The van der Waals surface area contributed by atoms with Crippen molar-refractivity contribution in [1.29, 1.82) is 0 Å². The van der Waals surface area contributed by atoms with Gasteiger partial charge in [-0.15, -0.1) is 35.3 Å². The van der Waals surface area contributed by atoms with Crippen LogP contribution in [0.15, 0.2) is 33.7 Å². The maximum atomic E-state index is 5.68. The van der Waals surface area contributed by atoms with E-state index in [0.29, 0.717) is 13.2 Å². The second-order valence-corrected chi connectivity index (χ2v) is 7.10. The highest BCUT2D eigenvalue weighted by molar-refractivity contribution is 14.0. The van der Waals surface area contributed by atoms with Crippen molar-refractivity contribution in [1.82, 2.24) is 15.6 Å². The van der Waals surface area contributed by atoms with E-state index >= 15 is 0 Å². The third-order valence-electron chi connectivity index (χ3n) is 3.10. The van der Waals surface area contributed by atoms with Gasteiger partial charge in [0, 0.05) is 16.4 Å². The number of aromatic nitrogens is 1. The molecule has 2 rings (SSSR count). The maximum Gasteiger partial charge on any atom is 0.191 e. The van der Waals surface area contributed by atoms with Crippen molar-refractivity contribution in [3.63, 3.8) is 0 Å². The second-order valence-electron chi connectivity index (χ2n) is 4.90. The van der Waals surface area contributed by atoms with Gasteiger partial charge in [0.15, 0.2) is 5.96 Å². The highest BCUT2D eigenvalue weighted by Crippen LogP contribution is 2.17. The largest absolute Gasteiger partial charge is 0.492 e. The molecule has 132 valence electrons. The zero-order chi connectivity index (χ0) is 16.7. The third-order valence-corrected chi connectivity index (χ3v) is 4.67. The van der Waals surface area contributed by atoms with Gasteiger partial charge in [-0.3, -0.25) is 4.99 Å². The smallest absolute Gasteiger partial charge is 0.191 e. The van der Waals surface area contributed by atoms with Crippen molar-refractivity contribution in [2.24, 2.45) is 4.99 Å². The summed E-state index contributed by atoms with van der Waals surface area (Å²) in [5, 5.41) is 7.62. The Bertz CT molecular complexity index is 678. The van der Waals surface area contributed by atoms with Gasteiger partial charge < -0.3 is 15.4 Å². The predicted octanol–water partition coefficient (Wildman–Crippen LogP) is 3.88. The van der Waals surface area contributed by atoms with Crippen LogP contribution in [0.2, 0.25) is 0 Å². The zero-order valence-electron chi connectivity index (χ0n) is 13.9. The molecule has 0 fully saturated rings. The van der Waals surface area contributed by atoms with Crippen LogP contribution in [0.25, 0.3) is 0 Å². The first kappa shape index (κ1) is 21.2. The minimum Gasteiger partial charge on any atom is -0.492 e. The number of hydrogen-bond donors (Lipinski definition) is 2. The molecular weight excluding hydrogens is 503 g/mol. The second kappa shape index (κ2) is 10.9. The van der Waals surface area contributed by atoms with Crippen LogP contribution >= 0.6 is 51.2 Å². The molecule has 8 heteroatoms. The van der Waals surface area contributed by atoms with Gasteiger partial charge in [-0.2, -0.15) is 0 Å². The van der Waals surface area contributed by atoms with E-state index in [9.17, 15) is 0 Å². The number of nitrogens with zero attached hydrogens (tertiary/aromatic N) is 2. The fourth-order valence-electron chi connectivity index (χ4n) is 2.02. The molecule has 2 N–H and O–H groups in total. The van der Waals surface area contributed by atoms with E-state index < -0.39 is 0 Å². The van der Waals surface area contributed by atoms with E-state index in [1.54, 1.807) is 18.4 Å². The number of nitrogens with one attached hydrogen (secondary N) is 2. The molecule has 1 aromatic carbocycles. The molecule has 0 saturated heterocycles. The van der Waals surface area contributed by atoms with Gasteiger partial charge in [0.05, 0.1) is 23.8 Å². The van der Waals surface area contributed by atoms with Crippen molar-refractivity contribution in [3.8, 4) is 5.75 Å². The van der Waals surface area contributed by atoms with E-state index in [2.05, 4.69) is 36.5 Å². The molecule has 0 spiro atoms. The predicted molar refractivity (Wildman–Crippen MR) is 115 cm³/mol. The fourth-order valence-corrected chi connectivity index (χ4v) is 3.27. The zero-order valence-corrected chi connectivity index (χ0v) is 18.7. The van der Waals surface area contributed by atoms with E-state index in [-0.39, 0.29) is 24.0 Å². The molecule has 0 aliphatic rings. The highest BCUT2D eigenvalue weighted by atomic mass is 127. The molecule has 1 heterocycles. The van der Waals surface area contributed by atoms with E-state index in [1.807, 2.05) is 38.1 Å². The van der Waals surface area contributed by atoms with Crippen LogP contribution < -0.4 is 15.4 Å². The van der Waals surface area contributed by atoms with Crippen molar-refractivity contribution in [3.05, 3.63) is 44.3 Å². The Kier molecular flexibility index (Phi) is 9.60. The standard InChI is InChI=1S/C16H21BrN4OS.HI/c1-11-15(23-12(2)21-11)10-20-16(18-3)19-7-8-22-14-6-4-5-13(17)9-14;/h4-6,9H,7-8,10H2,1-3H3,(H2,18,19,20);1H. The average molecular weight is 525 g/mol. The highest BCUT2D eigenvalue weighted by Gasteiger charge is 2.05. The lowest BCUT2D eigenvalue weighted by Gasteiger charge is -2.12. The van der Waals surface area contributed by atoms with E-state index in [0.717, 1.165) is 33.4 Å². The fraction of sp³-hybridized carbons (Fsp3) is 0.375. The summed E-state index contributed by atoms with van der Waals surface area (Å²) in [5.41, 5.74) is 1.08. The van der Waals surface area contributed by atoms with Gasteiger partial charge >= 0.3 is 0 Å². The summed E-state index contributed by atoms with van der Waals surface area (Å²) in [6.07, 6.45) is 0. The Balaban J connectivity index is 0.00000288. The van der Waals surface area contributed by atoms with E-state index in [1.165, 1.54) is 4.88 Å². The molecule has 1 aromatic heterocycles. The van der Waals surface area contributed by atoms with Crippen LogP contribution in [-0.2, 0) is 6.54 Å². The van der Waals surface area contributed by atoms with Crippen LogP contribution in [0, 0.1) is 13.8 Å². The van der Waals surface area contributed by atoms with Crippen LogP contribution in [0.5, 0.6) is 5.75 Å². The molecular formula is C16H22BrIN4OS. The Morgan fingerprint density at radius 2 is 2.12 bits per heavy atom. The number of ether oxygens (including phenoxy) is 1. The molecule has 0 bridgehead atoms. The lowest BCUT2D eigenvalue weighted by atomic mass is 10.3. The van der Waals surface area contributed by atoms with Crippen molar-refractivity contribution in [2.45, 2.75) is 20.4 Å².